The van der Waals surface area contributed by atoms with Gasteiger partial charge in [0.15, 0.2) is 11.3 Å². The van der Waals surface area contributed by atoms with Gasteiger partial charge in [-0.3, -0.25) is 4.79 Å². The first-order chi connectivity index (χ1) is 13.9. The first kappa shape index (κ1) is 20.1. The summed E-state index contributed by atoms with van der Waals surface area (Å²) in [7, 11) is 0. The molecule has 2 N–H and O–H groups in total. The number of fused-ring (bicyclic) bond motifs is 1. The molecule has 6 nitrogen and oxygen atoms in total. The molecule has 3 atom stereocenters. The number of hydrogen-bond acceptors (Lipinski definition) is 5. The molecule has 0 radical (unpaired) electrons. The van der Waals surface area contributed by atoms with E-state index in [0.29, 0.717) is 21.0 Å². The van der Waals surface area contributed by atoms with Gasteiger partial charge in [0, 0.05) is 27.3 Å². The molecular formula is C20H16BrFN2O4S. The summed E-state index contributed by atoms with van der Waals surface area (Å²) in [6, 6.07) is 13.1. The second-order valence-corrected chi connectivity index (χ2v) is 8.70. The minimum absolute atomic E-state index is 0.0900. The van der Waals surface area contributed by atoms with Crippen molar-refractivity contribution in [2.75, 3.05) is 12.4 Å². The number of ether oxygens (including phenoxy) is 1. The fourth-order valence-corrected chi connectivity index (χ4v) is 5.19. The molecule has 4 rings (SSSR count). The van der Waals surface area contributed by atoms with Gasteiger partial charge in [0.25, 0.3) is 5.91 Å². The van der Waals surface area contributed by atoms with E-state index in [2.05, 4.69) is 26.2 Å². The number of aliphatic carboxylic acids is 1. The highest BCUT2D eigenvalue weighted by Gasteiger charge is 2.56. The lowest BCUT2D eigenvalue weighted by Crippen LogP contribution is -2.45. The van der Waals surface area contributed by atoms with E-state index < -0.39 is 29.3 Å². The number of nitrogens with one attached hydrogen (secondary N) is 1. The molecule has 2 aliphatic heterocycles. The Kier molecular flexibility index (Phi) is 5.46. The monoisotopic (exact) mass is 478 g/mol. The Morgan fingerprint density at radius 3 is 2.76 bits per heavy atom. The van der Waals surface area contributed by atoms with Gasteiger partial charge < -0.3 is 15.2 Å². The van der Waals surface area contributed by atoms with Crippen LogP contribution in [0.15, 0.2) is 58.0 Å². The number of rotatable bonds is 3. The highest BCUT2D eigenvalue weighted by atomic mass is 79.9. The zero-order chi connectivity index (χ0) is 20.6. The molecule has 2 aromatic carbocycles. The van der Waals surface area contributed by atoms with Crippen LogP contribution in [0.2, 0.25) is 0 Å². The molecule has 0 saturated carbocycles. The predicted octanol–water partition coefficient (Wildman–Crippen LogP) is 3.42. The summed E-state index contributed by atoms with van der Waals surface area (Å²) in [5, 5.41) is 12.6. The van der Waals surface area contributed by atoms with E-state index in [1.165, 1.54) is 17.8 Å². The van der Waals surface area contributed by atoms with Crippen LogP contribution in [0.25, 0.3) is 0 Å². The molecule has 1 saturated heterocycles. The molecule has 150 valence electrons. The van der Waals surface area contributed by atoms with E-state index in [0.717, 1.165) is 0 Å². The normalized spacial score (nSPS) is 25.8. The molecule has 0 unspecified atom stereocenters. The third kappa shape index (κ3) is 3.70. The van der Waals surface area contributed by atoms with E-state index in [-0.39, 0.29) is 18.1 Å². The van der Waals surface area contributed by atoms with Crippen LogP contribution < -0.4 is 5.32 Å². The van der Waals surface area contributed by atoms with E-state index >= 15 is 0 Å². The predicted molar refractivity (Wildman–Crippen MR) is 110 cm³/mol. The quantitative estimate of drug-likeness (QED) is 0.705. The summed E-state index contributed by atoms with van der Waals surface area (Å²) >= 11 is 4.57. The van der Waals surface area contributed by atoms with E-state index in [1.54, 1.807) is 42.5 Å². The fourth-order valence-electron chi connectivity index (χ4n) is 3.65. The Morgan fingerprint density at radius 1 is 1.28 bits per heavy atom. The number of carbonyl (C=O) groups is 2. The molecule has 2 aromatic rings. The summed E-state index contributed by atoms with van der Waals surface area (Å²) < 4.78 is 21.0. The van der Waals surface area contributed by atoms with Crippen LogP contribution in [-0.4, -0.2) is 40.6 Å². The molecule has 1 fully saturated rings. The molecule has 1 amide bonds. The zero-order valence-corrected chi connectivity index (χ0v) is 17.4. The number of nitrogens with zero attached hydrogens (tertiary/aromatic N) is 1. The summed E-state index contributed by atoms with van der Waals surface area (Å²) in [5.41, 5.74) is -0.527. The first-order valence-corrected chi connectivity index (χ1v) is 10.6. The van der Waals surface area contributed by atoms with Gasteiger partial charge in [0.05, 0.1) is 6.61 Å². The minimum atomic E-state index is -1.23. The maximum atomic E-state index is 14.8. The number of benzene rings is 2. The number of halogens is 2. The van der Waals surface area contributed by atoms with Crippen molar-refractivity contribution in [2.24, 2.45) is 10.9 Å². The summed E-state index contributed by atoms with van der Waals surface area (Å²) in [4.78, 5) is 28.8. The molecular weight excluding hydrogens is 463 g/mol. The standard InChI is InChI=1S/C20H16BrFN2O4S/c21-12-6-7-15(22)13(8-12)20-10-28-16(18(26)27)14(20)9-29-19(24-20)23-17(25)11-4-2-1-3-5-11/h1-8,14,16H,9-10H2,(H,26,27)(H,23,24,25)/t14-,16+,20-/m1/s1. The Morgan fingerprint density at radius 2 is 2.03 bits per heavy atom. The lowest BCUT2D eigenvalue weighted by molar-refractivity contribution is -0.148. The number of aliphatic imine (C=N–C) groups is 1. The third-order valence-corrected chi connectivity index (χ3v) is 6.54. The lowest BCUT2D eigenvalue weighted by Gasteiger charge is -2.36. The third-order valence-electron chi connectivity index (χ3n) is 5.06. The van der Waals surface area contributed by atoms with Crippen LogP contribution in [0.4, 0.5) is 4.39 Å². The second kappa shape index (κ2) is 7.89. The molecule has 2 heterocycles. The van der Waals surface area contributed by atoms with Crippen molar-refractivity contribution in [2.45, 2.75) is 11.6 Å². The SMILES string of the molecule is O=C(NC1=N[C@@]2(c3cc(Br)ccc3F)CO[C@H](C(=O)O)[C@H]2CS1)c1ccccc1. The van der Waals surface area contributed by atoms with Crippen LogP contribution in [0.3, 0.4) is 0 Å². The van der Waals surface area contributed by atoms with Gasteiger partial charge in [-0.15, -0.1) is 0 Å². The summed E-state index contributed by atoms with van der Waals surface area (Å²) in [6.07, 6.45) is -1.10. The molecule has 0 spiro atoms. The number of amidine groups is 1. The van der Waals surface area contributed by atoms with Crippen molar-refractivity contribution < 1.29 is 23.8 Å². The van der Waals surface area contributed by atoms with Crippen molar-refractivity contribution in [1.82, 2.24) is 5.32 Å². The van der Waals surface area contributed by atoms with E-state index in [4.69, 9.17) is 4.74 Å². The Bertz CT molecular complexity index is 1000. The van der Waals surface area contributed by atoms with Crippen molar-refractivity contribution in [3.05, 3.63) is 69.9 Å². The molecule has 0 aliphatic carbocycles. The number of carboxylic acids is 1. The number of amides is 1. The summed E-state index contributed by atoms with van der Waals surface area (Å²) in [6.45, 7) is -0.0900. The zero-order valence-electron chi connectivity index (χ0n) is 15.0. The van der Waals surface area contributed by atoms with Gasteiger partial charge >= 0.3 is 5.97 Å². The van der Waals surface area contributed by atoms with Crippen molar-refractivity contribution in [3.63, 3.8) is 0 Å². The minimum Gasteiger partial charge on any atom is -0.479 e. The van der Waals surface area contributed by atoms with E-state index in [9.17, 15) is 19.1 Å². The fraction of sp³-hybridized carbons (Fsp3) is 0.250. The molecule has 0 aromatic heterocycles. The van der Waals surface area contributed by atoms with Gasteiger partial charge in [-0.2, -0.15) is 0 Å². The smallest absolute Gasteiger partial charge is 0.333 e. The summed E-state index contributed by atoms with van der Waals surface area (Å²) in [5.74, 6) is -2.21. The van der Waals surface area contributed by atoms with Crippen LogP contribution in [0.5, 0.6) is 0 Å². The topological polar surface area (TPSA) is 88.0 Å². The molecule has 9 heteroatoms. The van der Waals surface area contributed by atoms with Crippen LogP contribution in [0.1, 0.15) is 15.9 Å². The Balaban J connectivity index is 1.75. The average Bonchev–Trinajstić information content (AvgIpc) is 3.10. The number of hydrogen-bond donors (Lipinski definition) is 2. The highest BCUT2D eigenvalue weighted by molar-refractivity contribution is 9.10. The number of carboxylic acid groups (broad SMARTS) is 1. The van der Waals surface area contributed by atoms with Gasteiger partial charge in [0.2, 0.25) is 0 Å². The second-order valence-electron chi connectivity index (χ2n) is 6.77. The van der Waals surface area contributed by atoms with Crippen LogP contribution in [-0.2, 0) is 15.1 Å². The van der Waals surface area contributed by atoms with Crippen LogP contribution >= 0.6 is 27.7 Å². The van der Waals surface area contributed by atoms with Gasteiger partial charge in [-0.25, -0.2) is 14.2 Å². The molecule has 29 heavy (non-hydrogen) atoms. The Hall–Kier alpha value is -2.23. The molecule has 2 aliphatic rings. The van der Waals surface area contributed by atoms with E-state index in [1.807, 2.05) is 0 Å². The average molecular weight is 479 g/mol. The lowest BCUT2D eigenvalue weighted by atomic mass is 9.79. The number of thioether (sulfide) groups is 1. The van der Waals surface area contributed by atoms with Gasteiger partial charge in [0.1, 0.15) is 11.4 Å². The van der Waals surface area contributed by atoms with Crippen molar-refractivity contribution in [1.29, 1.82) is 0 Å². The van der Waals surface area contributed by atoms with Crippen LogP contribution in [0, 0.1) is 11.7 Å². The maximum Gasteiger partial charge on any atom is 0.333 e. The first-order valence-electron chi connectivity index (χ1n) is 8.80. The highest BCUT2D eigenvalue weighted by Crippen LogP contribution is 2.48. The molecule has 0 bridgehead atoms. The van der Waals surface area contributed by atoms with Gasteiger partial charge in [-0.05, 0) is 30.3 Å². The maximum absolute atomic E-state index is 14.8. The number of carbonyl (C=O) groups excluding carboxylic acids is 1. The van der Waals surface area contributed by atoms with Gasteiger partial charge in [-0.1, -0.05) is 45.9 Å². The van der Waals surface area contributed by atoms with Crippen molar-refractivity contribution in [3.8, 4) is 0 Å². The van der Waals surface area contributed by atoms with Crippen molar-refractivity contribution >= 4 is 44.7 Å². The largest absolute Gasteiger partial charge is 0.479 e. The Labute approximate surface area is 178 Å².